The molecule has 19 heavy (non-hydrogen) atoms. The van der Waals surface area contributed by atoms with Crippen molar-refractivity contribution in [1.82, 2.24) is 9.88 Å². The van der Waals surface area contributed by atoms with Crippen molar-refractivity contribution in [2.24, 2.45) is 0 Å². The highest BCUT2D eigenvalue weighted by Gasteiger charge is 2.19. The van der Waals surface area contributed by atoms with Gasteiger partial charge in [0, 0.05) is 42.7 Å². The van der Waals surface area contributed by atoms with Crippen LogP contribution >= 0.6 is 0 Å². The number of carbonyl (C=O) groups excluding carboxylic acids is 1. The number of carboxylic acid groups (broad SMARTS) is 1. The molecule has 2 rings (SSSR count). The normalized spacial score (nSPS) is 15.7. The van der Waals surface area contributed by atoms with Crippen molar-refractivity contribution in [1.29, 1.82) is 0 Å². The summed E-state index contributed by atoms with van der Waals surface area (Å²) in [6, 6.07) is 1.64. The molecular formula is C14H16N2O3. The molecule has 2 heterocycles. The monoisotopic (exact) mass is 260 g/mol. The van der Waals surface area contributed by atoms with Crippen LogP contribution in [0, 0.1) is 0 Å². The third kappa shape index (κ3) is 3.40. The minimum absolute atomic E-state index is 0.0489. The summed E-state index contributed by atoms with van der Waals surface area (Å²) >= 11 is 0. The van der Waals surface area contributed by atoms with Gasteiger partial charge in [0.25, 0.3) is 5.91 Å². The molecule has 100 valence electrons. The fraction of sp³-hybridized carbons (Fsp3) is 0.357. The van der Waals surface area contributed by atoms with Crippen LogP contribution in [0.5, 0.6) is 0 Å². The molecule has 1 aliphatic rings. The molecule has 1 N–H and O–H groups in total. The summed E-state index contributed by atoms with van der Waals surface area (Å²) in [4.78, 5) is 28.7. The molecule has 1 amide bonds. The van der Waals surface area contributed by atoms with Crippen LogP contribution in [0.25, 0.3) is 6.08 Å². The Labute approximate surface area is 111 Å². The van der Waals surface area contributed by atoms with Crippen LogP contribution in [0.3, 0.4) is 0 Å². The molecule has 0 aliphatic carbocycles. The van der Waals surface area contributed by atoms with Crippen molar-refractivity contribution in [3.63, 3.8) is 0 Å². The molecule has 5 nitrogen and oxygen atoms in total. The van der Waals surface area contributed by atoms with Crippen LogP contribution in [0.2, 0.25) is 0 Å². The quantitative estimate of drug-likeness (QED) is 0.841. The van der Waals surface area contributed by atoms with Crippen LogP contribution < -0.4 is 0 Å². The number of rotatable bonds is 3. The number of pyridine rings is 1. The number of likely N-dealkylation sites (tertiary alicyclic amines) is 1. The number of hydrogen-bond acceptors (Lipinski definition) is 3. The maximum absolute atomic E-state index is 12.4. The zero-order valence-electron chi connectivity index (χ0n) is 10.6. The lowest BCUT2D eigenvalue weighted by Crippen LogP contribution is -2.35. The number of nitrogens with zero attached hydrogens (tertiary/aromatic N) is 2. The summed E-state index contributed by atoms with van der Waals surface area (Å²) in [5, 5.41) is 8.65. The van der Waals surface area contributed by atoms with E-state index in [1.165, 1.54) is 12.3 Å². The van der Waals surface area contributed by atoms with Gasteiger partial charge in [-0.25, -0.2) is 4.79 Å². The topological polar surface area (TPSA) is 70.5 Å². The van der Waals surface area contributed by atoms with E-state index in [4.69, 9.17) is 5.11 Å². The van der Waals surface area contributed by atoms with Gasteiger partial charge in [-0.2, -0.15) is 0 Å². The van der Waals surface area contributed by atoms with Gasteiger partial charge in [0.2, 0.25) is 0 Å². The third-order valence-corrected chi connectivity index (χ3v) is 3.13. The van der Waals surface area contributed by atoms with Crippen LogP contribution in [-0.2, 0) is 4.79 Å². The largest absolute Gasteiger partial charge is 0.478 e. The summed E-state index contributed by atoms with van der Waals surface area (Å²) in [7, 11) is 0. The summed E-state index contributed by atoms with van der Waals surface area (Å²) in [5.74, 6) is -1.09. The zero-order chi connectivity index (χ0) is 13.7. The Morgan fingerprint density at radius 2 is 2.00 bits per heavy atom. The average Bonchev–Trinajstić information content (AvgIpc) is 2.45. The van der Waals surface area contributed by atoms with Crippen LogP contribution in [0.4, 0.5) is 0 Å². The fourth-order valence-corrected chi connectivity index (χ4v) is 2.16. The highest BCUT2D eigenvalue weighted by molar-refractivity contribution is 5.98. The Morgan fingerprint density at radius 1 is 1.26 bits per heavy atom. The maximum Gasteiger partial charge on any atom is 0.328 e. The molecule has 0 radical (unpaired) electrons. The Bertz CT molecular complexity index is 505. The molecule has 1 fully saturated rings. The fourth-order valence-electron chi connectivity index (χ4n) is 2.16. The van der Waals surface area contributed by atoms with Gasteiger partial charge >= 0.3 is 5.97 Å². The third-order valence-electron chi connectivity index (χ3n) is 3.13. The second-order valence-electron chi connectivity index (χ2n) is 4.49. The molecule has 1 aliphatic heterocycles. The molecule has 5 heteroatoms. The summed E-state index contributed by atoms with van der Waals surface area (Å²) in [6.45, 7) is 1.53. The molecule has 0 saturated carbocycles. The van der Waals surface area contributed by atoms with Gasteiger partial charge in [-0.05, 0) is 31.4 Å². The van der Waals surface area contributed by atoms with E-state index in [-0.39, 0.29) is 5.91 Å². The standard InChI is InChI=1S/C14H16N2O3/c17-13(18)5-4-11-10-15-7-6-12(11)14(19)16-8-2-1-3-9-16/h4-7,10H,1-3,8-9H2,(H,17,18)/b5-4+. The molecule has 0 unspecified atom stereocenters. The van der Waals surface area contributed by atoms with E-state index in [9.17, 15) is 9.59 Å². The number of hydrogen-bond donors (Lipinski definition) is 1. The molecule has 1 saturated heterocycles. The van der Waals surface area contributed by atoms with E-state index in [2.05, 4.69) is 4.98 Å². The van der Waals surface area contributed by atoms with Gasteiger partial charge in [0.1, 0.15) is 0 Å². The van der Waals surface area contributed by atoms with Crippen molar-refractivity contribution in [3.8, 4) is 0 Å². The smallest absolute Gasteiger partial charge is 0.328 e. The van der Waals surface area contributed by atoms with Gasteiger partial charge in [0.05, 0.1) is 0 Å². The lowest BCUT2D eigenvalue weighted by molar-refractivity contribution is -0.131. The number of carboxylic acids is 1. The van der Waals surface area contributed by atoms with Gasteiger partial charge < -0.3 is 10.0 Å². The second-order valence-corrected chi connectivity index (χ2v) is 4.49. The Kier molecular flexibility index (Phi) is 4.28. The Morgan fingerprint density at radius 3 is 2.68 bits per heavy atom. The van der Waals surface area contributed by atoms with Gasteiger partial charge in [-0.15, -0.1) is 0 Å². The van der Waals surface area contributed by atoms with Crippen molar-refractivity contribution < 1.29 is 14.7 Å². The minimum Gasteiger partial charge on any atom is -0.478 e. The van der Waals surface area contributed by atoms with Crippen LogP contribution in [0.15, 0.2) is 24.5 Å². The molecule has 1 aromatic heterocycles. The van der Waals surface area contributed by atoms with Crippen molar-refractivity contribution in [2.75, 3.05) is 13.1 Å². The zero-order valence-corrected chi connectivity index (χ0v) is 10.6. The first kappa shape index (κ1) is 13.3. The molecule has 1 aromatic rings. The Hall–Kier alpha value is -2.17. The molecule has 0 aromatic carbocycles. The van der Waals surface area contributed by atoms with E-state index < -0.39 is 5.97 Å². The first-order valence-corrected chi connectivity index (χ1v) is 6.33. The summed E-state index contributed by atoms with van der Waals surface area (Å²) in [5.41, 5.74) is 1.05. The maximum atomic E-state index is 12.4. The average molecular weight is 260 g/mol. The van der Waals surface area contributed by atoms with Crippen LogP contribution in [0.1, 0.15) is 35.2 Å². The predicted molar refractivity (Wildman–Crippen MR) is 70.7 cm³/mol. The van der Waals surface area contributed by atoms with E-state index in [1.807, 2.05) is 4.90 Å². The minimum atomic E-state index is -1.04. The number of amides is 1. The number of aromatic nitrogens is 1. The highest BCUT2D eigenvalue weighted by atomic mass is 16.4. The van der Waals surface area contributed by atoms with E-state index in [0.717, 1.165) is 38.4 Å². The second kappa shape index (κ2) is 6.13. The lowest BCUT2D eigenvalue weighted by atomic mass is 10.1. The first-order valence-electron chi connectivity index (χ1n) is 6.33. The predicted octanol–water partition coefficient (Wildman–Crippen LogP) is 1.81. The molecule has 0 spiro atoms. The summed E-state index contributed by atoms with van der Waals surface area (Å²) < 4.78 is 0. The number of piperidine rings is 1. The first-order chi connectivity index (χ1) is 9.18. The van der Waals surface area contributed by atoms with Gasteiger partial charge in [-0.3, -0.25) is 9.78 Å². The highest BCUT2D eigenvalue weighted by Crippen LogP contribution is 2.16. The van der Waals surface area contributed by atoms with Gasteiger partial charge in [0.15, 0.2) is 0 Å². The van der Waals surface area contributed by atoms with Crippen molar-refractivity contribution >= 4 is 18.0 Å². The van der Waals surface area contributed by atoms with E-state index >= 15 is 0 Å². The molecule has 0 atom stereocenters. The lowest BCUT2D eigenvalue weighted by Gasteiger charge is -2.27. The molecular weight excluding hydrogens is 244 g/mol. The van der Waals surface area contributed by atoms with E-state index in [0.29, 0.717) is 11.1 Å². The van der Waals surface area contributed by atoms with Crippen molar-refractivity contribution in [2.45, 2.75) is 19.3 Å². The van der Waals surface area contributed by atoms with Gasteiger partial charge in [-0.1, -0.05) is 0 Å². The van der Waals surface area contributed by atoms with Crippen LogP contribution in [-0.4, -0.2) is 40.0 Å². The van der Waals surface area contributed by atoms with E-state index in [1.54, 1.807) is 12.3 Å². The Balaban J connectivity index is 2.23. The SMILES string of the molecule is O=C(O)/C=C/c1cnccc1C(=O)N1CCCCC1. The van der Waals surface area contributed by atoms with Crippen molar-refractivity contribution in [3.05, 3.63) is 35.7 Å². The summed E-state index contributed by atoms with van der Waals surface area (Å²) in [6.07, 6.45) is 8.70. The number of carbonyl (C=O) groups is 2. The molecule has 0 bridgehead atoms. The number of aliphatic carboxylic acids is 1.